The highest BCUT2D eigenvalue weighted by Crippen LogP contribution is 2.32. The van der Waals surface area contributed by atoms with Gasteiger partial charge in [-0.1, -0.05) is 39.0 Å². The summed E-state index contributed by atoms with van der Waals surface area (Å²) in [6.45, 7) is 6.49. The quantitative estimate of drug-likeness (QED) is 0.889. The Morgan fingerprint density at radius 3 is 2.16 bits per heavy atom. The first kappa shape index (κ1) is 15.8. The van der Waals surface area contributed by atoms with Gasteiger partial charge >= 0.3 is 0 Å². The average molecular weight is 280 g/mol. The molecule has 2 rings (SSSR count). The summed E-state index contributed by atoms with van der Waals surface area (Å²) < 4.78 is 5.23. The van der Waals surface area contributed by atoms with Crippen LogP contribution in [0, 0.1) is 5.41 Å². The standard InChI is InChI=1S/C16H21NO.ClH/c1-16(2,3)15(17)13-6-5-12-10-14(18-4)8-7-11(12)9-13;/h5-10,15H,17H2,1-4H3;1H/t15-;/m0./s1. The summed E-state index contributed by atoms with van der Waals surface area (Å²) in [4.78, 5) is 0. The van der Waals surface area contributed by atoms with Crippen LogP contribution in [-0.2, 0) is 0 Å². The van der Waals surface area contributed by atoms with Crippen molar-refractivity contribution in [2.24, 2.45) is 11.1 Å². The highest BCUT2D eigenvalue weighted by molar-refractivity contribution is 5.85. The van der Waals surface area contributed by atoms with Gasteiger partial charge in [-0.3, -0.25) is 0 Å². The molecule has 0 aromatic heterocycles. The zero-order chi connectivity index (χ0) is 13.3. The molecule has 0 amide bonds. The van der Waals surface area contributed by atoms with Gasteiger partial charge in [0, 0.05) is 6.04 Å². The Morgan fingerprint density at radius 2 is 1.58 bits per heavy atom. The van der Waals surface area contributed by atoms with Gasteiger partial charge < -0.3 is 10.5 Å². The largest absolute Gasteiger partial charge is 0.497 e. The molecule has 0 saturated heterocycles. The topological polar surface area (TPSA) is 35.2 Å². The predicted octanol–water partition coefficient (Wildman–Crippen LogP) is 4.32. The lowest BCUT2D eigenvalue weighted by atomic mass is 9.82. The highest BCUT2D eigenvalue weighted by atomic mass is 35.5. The van der Waals surface area contributed by atoms with Crippen molar-refractivity contribution in [2.45, 2.75) is 26.8 Å². The van der Waals surface area contributed by atoms with Gasteiger partial charge in [0.1, 0.15) is 5.75 Å². The summed E-state index contributed by atoms with van der Waals surface area (Å²) in [7, 11) is 1.69. The van der Waals surface area contributed by atoms with Crippen LogP contribution < -0.4 is 10.5 Å². The van der Waals surface area contributed by atoms with E-state index in [9.17, 15) is 0 Å². The lowest BCUT2D eigenvalue weighted by Gasteiger charge is -2.27. The van der Waals surface area contributed by atoms with Crippen LogP contribution in [-0.4, -0.2) is 7.11 Å². The molecule has 104 valence electrons. The Hall–Kier alpha value is -1.25. The van der Waals surface area contributed by atoms with E-state index in [1.807, 2.05) is 12.1 Å². The number of hydrogen-bond donors (Lipinski definition) is 1. The summed E-state index contributed by atoms with van der Waals surface area (Å²) >= 11 is 0. The Morgan fingerprint density at radius 1 is 1.00 bits per heavy atom. The van der Waals surface area contributed by atoms with Gasteiger partial charge in [0.15, 0.2) is 0 Å². The van der Waals surface area contributed by atoms with E-state index in [0.29, 0.717) is 0 Å². The van der Waals surface area contributed by atoms with E-state index >= 15 is 0 Å². The van der Waals surface area contributed by atoms with Crippen LogP contribution in [0.3, 0.4) is 0 Å². The van der Waals surface area contributed by atoms with Gasteiger partial charge in [-0.15, -0.1) is 12.4 Å². The van der Waals surface area contributed by atoms with Gasteiger partial charge in [-0.25, -0.2) is 0 Å². The molecule has 0 unspecified atom stereocenters. The molecule has 2 nitrogen and oxygen atoms in total. The summed E-state index contributed by atoms with van der Waals surface area (Å²) in [6, 6.07) is 12.5. The van der Waals surface area contributed by atoms with Crippen molar-refractivity contribution < 1.29 is 4.74 Å². The summed E-state index contributed by atoms with van der Waals surface area (Å²) in [5.74, 6) is 0.885. The van der Waals surface area contributed by atoms with Crippen LogP contribution in [0.15, 0.2) is 36.4 Å². The molecule has 0 aliphatic heterocycles. The van der Waals surface area contributed by atoms with Gasteiger partial charge in [0.2, 0.25) is 0 Å². The third-order valence-electron chi connectivity index (χ3n) is 3.36. The van der Waals surface area contributed by atoms with E-state index in [4.69, 9.17) is 10.5 Å². The predicted molar refractivity (Wildman–Crippen MR) is 84.1 cm³/mol. The fourth-order valence-electron chi connectivity index (χ4n) is 2.06. The normalized spacial score (nSPS) is 12.9. The summed E-state index contributed by atoms with van der Waals surface area (Å²) in [5, 5.41) is 2.38. The zero-order valence-electron chi connectivity index (χ0n) is 11.9. The van der Waals surface area contributed by atoms with Crippen LogP contribution in [0.25, 0.3) is 10.8 Å². The number of hydrogen-bond acceptors (Lipinski definition) is 2. The average Bonchev–Trinajstić information content (AvgIpc) is 2.35. The number of nitrogens with two attached hydrogens (primary N) is 1. The molecule has 0 radical (unpaired) electrons. The van der Waals surface area contributed by atoms with Crippen molar-refractivity contribution in [1.82, 2.24) is 0 Å². The molecule has 0 bridgehead atoms. The number of methoxy groups -OCH3 is 1. The summed E-state index contributed by atoms with van der Waals surface area (Å²) in [5.41, 5.74) is 7.54. The SMILES string of the molecule is COc1ccc2cc([C@H](N)C(C)(C)C)ccc2c1.Cl. The maximum absolute atomic E-state index is 6.29. The van der Waals surface area contributed by atoms with Crippen LogP contribution >= 0.6 is 12.4 Å². The smallest absolute Gasteiger partial charge is 0.119 e. The highest BCUT2D eigenvalue weighted by Gasteiger charge is 2.22. The van der Waals surface area contributed by atoms with Crippen LogP contribution in [0.2, 0.25) is 0 Å². The van der Waals surface area contributed by atoms with E-state index in [2.05, 4.69) is 45.0 Å². The molecule has 0 saturated carbocycles. The van der Waals surface area contributed by atoms with Crippen molar-refractivity contribution in [3.63, 3.8) is 0 Å². The zero-order valence-corrected chi connectivity index (χ0v) is 12.8. The molecule has 2 aromatic carbocycles. The maximum Gasteiger partial charge on any atom is 0.119 e. The molecular weight excluding hydrogens is 258 g/mol. The molecule has 0 heterocycles. The van der Waals surface area contributed by atoms with Crippen molar-refractivity contribution in [1.29, 1.82) is 0 Å². The number of halogens is 1. The Labute approximate surface area is 121 Å². The van der Waals surface area contributed by atoms with Crippen molar-refractivity contribution >= 4 is 23.2 Å². The van der Waals surface area contributed by atoms with Crippen LogP contribution in [0.4, 0.5) is 0 Å². The van der Waals surface area contributed by atoms with Crippen molar-refractivity contribution in [3.05, 3.63) is 42.0 Å². The number of benzene rings is 2. The second-order valence-electron chi connectivity index (χ2n) is 5.82. The Kier molecular flexibility index (Phi) is 4.83. The van der Waals surface area contributed by atoms with Crippen LogP contribution in [0.5, 0.6) is 5.75 Å². The number of fused-ring (bicyclic) bond motifs is 1. The molecule has 19 heavy (non-hydrogen) atoms. The minimum Gasteiger partial charge on any atom is -0.497 e. The molecule has 0 aliphatic carbocycles. The minimum absolute atomic E-state index is 0. The fraction of sp³-hybridized carbons (Fsp3) is 0.375. The third kappa shape index (κ3) is 3.40. The molecule has 2 N–H and O–H groups in total. The first-order valence-electron chi connectivity index (χ1n) is 6.25. The number of rotatable bonds is 2. The van der Waals surface area contributed by atoms with Gasteiger partial charge in [-0.05, 0) is 39.9 Å². The first-order chi connectivity index (χ1) is 8.41. The molecule has 0 fully saturated rings. The second-order valence-corrected chi connectivity index (χ2v) is 5.82. The lowest BCUT2D eigenvalue weighted by Crippen LogP contribution is -2.26. The van der Waals surface area contributed by atoms with E-state index < -0.39 is 0 Å². The van der Waals surface area contributed by atoms with Gasteiger partial charge in [-0.2, -0.15) is 0 Å². The Balaban J connectivity index is 0.00000180. The van der Waals surface area contributed by atoms with E-state index in [-0.39, 0.29) is 23.9 Å². The lowest BCUT2D eigenvalue weighted by molar-refractivity contribution is 0.327. The monoisotopic (exact) mass is 279 g/mol. The summed E-state index contributed by atoms with van der Waals surface area (Å²) in [6.07, 6.45) is 0. The maximum atomic E-state index is 6.29. The van der Waals surface area contributed by atoms with Crippen molar-refractivity contribution in [3.8, 4) is 5.75 Å². The Bertz CT molecular complexity index is 560. The van der Waals surface area contributed by atoms with E-state index in [1.54, 1.807) is 7.11 Å². The van der Waals surface area contributed by atoms with Crippen molar-refractivity contribution in [2.75, 3.05) is 7.11 Å². The molecule has 3 heteroatoms. The molecule has 1 atom stereocenters. The van der Waals surface area contributed by atoms with Gasteiger partial charge in [0.05, 0.1) is 7.11 Å². The fourth-order valence-corrected chi connectivity index (χ4v) is 2.06. The molecule has 2 aromatic rings. The van der Waals surface area contributed by atoms with E-state index in [1.165, 1.54) is 16.3 Å². The first-order valence-corrected chi connectivity index (χ1v) is 6.25. The van der Waals surface area contributed by atoms with Crippen LogP contribution in [0.1, 0.15) is 32.4 Å². The second kappa shape index (κ2) is 5.81. The molecular formula is C16H22ClNO. The third-order valence-corrected chi connectivity index (χ3v) is 3.36. The molecule has 0 aliphatic rings. The van der Waals surface area contributed by atoms with E-state index in [0.717, 1.165) is 5.75 Å². The number of ether oxygens (including phenoxy) is 1. The molecule has 0 spiro atoms. The van der Waals surface area contributed by atoms with Gasteiger partial charge in [0.25, 0.3) is 0 Å². The minimum atomic E-state index is 0.